The Bertz CT molecular complexity index is 984. The monoisotopic (exact) mass is 447 g/mol. The number of aromatic nitrogens is 2. The van der Waals surface area contributed by atoms with Gasteiger partial charge in [0.2, 0.25) is 0 Å². The van der Waals surface area contributed by atoms with Crippen molar-refractivity contribution in [1.82, 2.24) is 14.9 Å². The predicted octanol–water partition coefficient (Wildman–Crippen LogP) is 0.0934. The van der Waals surface area contributed by atoms with Gasteiger partial charge in [-0.3, -0.25) is 9.45 Å². The zero-order chi connectivity index (χ0) is 21.3. The summed E-state index contributed by atoms with van der Waals surface area (Å²) in [5, 5.41) is 25.5. The van der Waals surface area contributed by atoms with Gasteiger partial charge < -0.3 is 20.3 Å². The fraction of sp³-hybridized carbons (Fsp3) is 0.316. The van der Waals surface area contributed by atoms with E-state index in [0.717, 1.165) is 5.56 Å². The summed E-state index contributed by atoms with van der Waals surface area (Å²) in [6, 6.07) is 13.8. The Morgan fingerprint density at radius 2 is 1.47 bits per heavy atom. The number of benzene rings is 2. The molecule has 0 radical (unpaired) electrons. The van der Waals surface area contributed by atoms with Crippen LogP contribution in [0.25, 0.3) is 22.4 Å². The molecule has 2 aromatic carbocycles. The molecule has 1 heterocycles. The number of nitrogens with zero attached hydrogens (tertiary/aromatic N) is 2. The second kappa shape index (κ2) is 13.2. The SMILES string of the molecule is O=S(=O)(O)c1ccc2[nH]c(-c3ccccc3)nc2c1.OCCN(CCO)CCO.[NaH]. The van der Waals surface area contributed by atoms with Gasteiger partial charge in [-0.1, -0.05) is 30.3 Å². The molecule has 0 aliphatic heterocycles. The van der Waals surface area contributed by atoms with Crippen molar-refractivity contribution in [2.75, 3.05) is 39.5 Å². The molecule has 160 valence electrons. The molecule has 0 atom stereocenters. The second-order valence-corrected chi connectivity index (χ2v) is 7.54. The van der Waals surface area contributed by atoms with Crippen molar-refractivity contribution in [3.63, 3.8) is 0 Å². The summed E-state index contributed by atoms with van der Waals surface area (Å²) >= 11 is 0. The molecular formula is C19H26N3NaO6S. The molecule has 0 saturated carbocycles. The standard InChI is InChI=1S/C13H10N2O3S.C6H15NO3.Na.H/c16-19(17,18)10-6-7-11-12(8-10)15-13(14-11)9-4-2-1-3-5-9;8-4-1-7(2-5-9)3-6-10;;/h1-8H,(H,14,15)(H,16,17,18);8-10H,1-6H2;;. The zero-order valence-corrected chi connectivity index (χ0v) is 16.6. The van der Waals surface area contributed by atoms with Crippen LogP contribution < -0.4 is 0 Å². The molecule has 0 saturated heterocycles. The Morgan fingerprint density at radius 3 is 1.97 bits per heavy atom. The fourth-order valence-electron chi connectivity index (χ4n) is 2.64. The third-order valence-electron chi connectivity index (χ3n) is 4.05. The molecule has 5 N–H and O–H groups in total. The fourth-order valence-corrected chi connectivity index (χ4v) is 3.14. The number of imidazole rings is 1. The second-order valence-electron chi connectivity index (χ2n) is 6.12. The average molecular weight is 447 g/mol. The van der Waals surface area contributed by atoms with Crippen LogP contribution >= 0.6 is 0 Å². The Morgan fingerprint density at radius 1 is 0.900 bits per heavy atom. The van der Waals surface area contributed by atoms with Crippen molar-refractivity contribution in [1.29, 1.82) is 0 Å². The number of rotatable bonds is 8. The van der Waals surface area contributed by atoms with E-state index >= 15 is 0 Å². The van der Waals surface area contributed by atoms with Crippen LogP contribution in [-0.2, 0) is 10.1 Å². The molecule has 0 spiro atoms. The molecule has 0 bridgehead atoms. The van der Waals surface area contributed by atoms with Crippen LogP contribution in [0.15, 0.2) is 53.4 Å². The third kappa shape index (κ3) is 8.06. The molecule has 3 aromatic rings. The number of hydrogen-bond donors (Lipinski definition) is 5. The number of aliphatic hydroxyl groups excluding tert-OH is 3. The normalized spacial score (nSPS) is 11.1. The van der Waals surface area contributed by atoms with Crippen LogP contribution in [0.3, 0.4) is 0 Å². The Balaban J connectivity index is 0.000000354. The maximum absolute atomic E-state index is 11.1. The molecule has 0 aliphatic carbocycles. The van der Waals surface area contributed by atoms with Gasteiger partial charge in [-0.15, -0.1) is 0 Å². The average Bonchev–Trinajstić information content (AvgIpc) is 3.13. The van der Waals surface area contributed by atoms with Gasteiger partial charge in [-0.2, -0.15) is 8.42 Å². The molecule has 3 rings (SSSR count). The number of H-pyrrole nitrogens is 1. The molecule has 30 heavy (non-hydrogen) atoms. The minimum atomic E-state index is -4.20. The number of aliphatic hydroxyl groups is 3. The first-order valence-electron chi connectivity index (χ1n) is 8.96. The van der Waals surface area contributed by atoms with E-state index in [2.05, 4.69) is 9.97 Å². The van der Waals surface area contributed by atoms with Crippen molar-refractivity contribution < 1.29 is 28.3 Å². The van der Waals surface area contributed by atoms with Gasteiger partial charge in [0.05, 0.1) is 35.7 Å². The van der Waals surface area contributed by atoms with E-state index in [1.807, 2.05) is 30.3 Å². The zero-order valence-electron chi connectivity index (χ0n) is 15.8. The molecule has 0 fully saturated rings. The van der Waals surface area contributed by atoms with E-state index in [1.165, 1.54) is 12.1 Å². The van der Waals surface area contributed by atoms with Crippen LogP contribution in [0.1, 0.15) is 0 Å². The van der Waals surface area contributed by atoms with Crippen molar-refractivity contribution in [2.45, 2.75) is 4.90 Å². The van der Waals surface area contributed by atoms with E-state index < -0.39 is 10.1 Å². The third-order valence-corrected chi connectivity index (χ3v) is 4.90. The van der Waals surface area contributed by atoms with E-state index in [0.29, 0.717) is 36.5 Å². The van der Waals surface area contributed by atoms with E-state index in [4.69, 9.17) is 19.9 Å². The van der Waals surface area contributed by atoms with E-state index in [-0.39, 0.29) is 54.3 Å². The van der Waals surface area contributed by atoms with Crippen molar-refractivity contribution in [2.24, 2.45) is 0 Å². The molecule has 1 aromatic heterocycles. The van der Waals surface area contributed by atoms with Gasteiger partial charge in [0, 0.05) is 25.2 Å². The van der Waals surface area contributed by atoms with E-state index in [1.54, 1.807) is 11.0 Å². The molecule has 9 nitrogen and oxygen atoms in total. The quantitative estimate of drug-likeness (QED) is 0.241. The summed E-state index contributed by atoms with van der Waals surface area (Å²) in [4.78, 5) is 9.06. The van der Waals surface area contributed by atoms with Crippen LogP contribution in [0.5, 0.6) is 0 Å². The number of hydrogen-bond acceptors (Lipinski definition) is 7. The molecule has 0 aliphatic rings. The summed E-state index contributed by atoms with van der Waals surface area (Å²) < 4.78 is 31.1. The molecule has 11 heteroatoms. The van der Waals surface area contributed by atoms with Gasteiger partial charge in [-0.25, -0.2) is 4.98 Å². The van der Waals surface area contributed by atoms with Gasteiger partial charge in [0.15, 0.2) is 0 Å². The number of aromatic amines is 1. The molecular weight excluding hydrogens is 421 g/mol. The van der Waals surface area contributed by atoms with Crippen LogP contribution in [-0.4, -0.2) is 112 Å². The van der Waals surface area contributed by atoms with Crippen LogP contribution in [0.4, 0.5) is 0 Å². The van der Waals surface area contributed by atoms with Gasteiger partial charge in [0.25, 0.3) is 10.1 Å². The maximum atomic E-state index is 11.1. The van der Waals surface area contributed by atoms with Gasteiger partial charge in [0.1, 0.15) is 5.82 Å². The summed E-state index contributed by atoms with van der Waals surface area (Å²) in [6.07, 6.45) is 0. The summed E-state index contributed by atoms with van der Waals surface area (Å²) in [5.74, 6) is 0.656. The Labute approximate surface area is 197 Å². The molecule has 0 unspecified atom stereocenters. The van der Waals surface area contributed by atoms with Gasteiger partial charge in [-0.05, 0) is 18.2 Å². The minimum absolute atomic E-state index is 0. The summed E-state index contributed by atoms with van der Waals surface area (Å²) in [7, 11) is -4.20. The first-order valence-corrected chi connectivity index (χ1v) is 10.4. The van der Waals surface area contributed by atoms with E-state index in [9.17, 15) is 8.42 Å². The molecule has 0 amide bonds. The van der Waals surface area contributed by atoms with Crippen molar-refractivity contribution in [3.8, 4) is 11.4 Å². The van der Waals surface area contributed by atoms with Crippen molar-refractivity contribution >= 4 is 50.7 Å². The van der Waals surface area contributed by atoms with Crippen LogP contribution in [0.2, 0.25) is 0 Å². The first kappa shape index (κ1) is 26.7. The Kier molecular flexibility index (Phi) is 11.7. The summed E-state index contributed by atoms with van der Waals surface area (Å²) in [6.45, 7) is 1.75. The van der Waals surface area contributed by atoms with Crippen molar-refractivity contribution in [3.05, 3.63) is 48.5 Å². The van der Waals surface area contributed by atoms with Gasteiger partial charge >= 0.3 is 29.6 Å². The predicted molar refractivity (Wildman–Crippen MR) is 116 cm³/mol. The number of fused-ring (bicyclic) bond motifs is 1. The van der Waals surface area contributed by atoms with Crippen LogP contribution in [0, 0.1) is 0 Å². The Hall–Kier alpha value is -1.34. The summed E-state index contributed by atoms with van der Waals surface area (Å²) in [5.41, 5.74) is 2.12. The number of nitrogens with one attached hydrogen (secondary N) is 1. The first-order chi connectivity index (χ1) is 13.9. The topological polar surface area (TPSA) is 147 Å².